The van der Waals surface area contributed by atoms with E-state index in [2.05, 4.69) is 4.98 Å². The Morgan fingerprint density at radius 1 is 0.905 bits per heavy atom. The van der Waals surface area contributed by atoms with Crippen LogP contribution in [0.4, 0.5) is 0 Å². The summed E-state index contributed by atoms with van der Waals surface area (Å²) in [6, 6.07) is 17.1. The number of hydrogen-bond acceptors (Lipinski definition) is 2. The van der Waals surface area contributed by atoms with Crippen LogP contribution in [0.2, 0.25) is 0 Å². The third-order valence-electron chi connectivity index (χ3n) is 3.34. The molecule has 3 rings (SSSR count). The van der Waals surface area contributed by atoms with Gasteiger partial charge in [0.15, 0.2) is 24.7 Å². The minimum Gasteiger partial charge on any atom is -0.289 e. The molecule has 0 fully saturated rings. The predicted molar refractivity (Wildman–Crippen MR) is 79.9 cm³/mol. The molecule has 3 nitrogen and oxygen atoms in total. The maximum absolute atomic E-state index is 12.6. The number of ketones is 1. The fourth-order valence-corrected chi connectivity index (χ4v) is 2.27. The van der Waals surface area contributed by atoms with Crippen LogP contribution in [0.25, 0.3) is 0 Å². The van der Waals surface area contributed by atoms with Crippen molar-refractivity contribution in [2.45, 2.75) is 6.54 Å². The highest BCUT2D eigenvalue weighted by atomic mass is 16.1. The van der Waals surface area contributed by atoms with E-state index in [4.69, 9.17) is 0 Å². The SMILES string of the molecule is O=C(c1ccccc1)c1ccccc1C[n+]1ccncc1. The lowest BCUT2D eigenvalue weighted by Crippen LogP contribution is -2.34. The molecule has 0 aliphatic heterocycles. The fourth-order valence-electron chi connectivity index (χ4n) is 2.27. The minimum atomic E-state index is 0.0563. The summed E-state index contributed by atoms with van der Waals surface area (Å²) in [5.41, 5.74) is 2.46. The summed E-state index contributed by atoms with van der Waals surface area (Å²) < 4.78 is 2.00. The van der Waals surface area contributed by atoms with Gasteiger partial charge in [0.05, 0.1) is 12.4 Å². The first-order valence-electron chi connectivity index (χ1n) is 6.81. The van der Waals surface area contributed by atoms with Crippen LogP contribution in [0, 0.1) is 0 Å². The molecule has 2 aromatic carbocycles. The van der Waals surface area contributed by atoms with Gasteiger partial charge in [-0.2, -0.15) is 4.57 Å². The van der Waals surface area contributed by atoms with Crippen molar-refractivity contribution in [3.63, 3.8) is 0 Å². The van der Waals surface area contributed by atoms with Gasteiger partial charge in [0, 0.05) is 16.7 Å². The van der Waals surface area contributed by atoms with E-state index in [0.29, 0.717) is 12.1 Å². The lowest BCUT2D eigenvalue weighted by molar-refractivity contribution is -0.688. The molecular weight excluding hydrogens is 260 g/mol. The average molecular weight is 275 g/mol. The maximum Gasteiger partial charge on any atom is 0.193 e. The number of carbonyl (C=O) groups excluding carboxylic acids is 1. The quantitative estimate of drug-likeness (QED) is 0.542. The topological polar surface area (TPSA) is 33.8 Å². The molecule has 102 valence electrons. The largest absolute Gasteiger partial charge is 0.289 e. The molecule has 0 bridgehead atoms. The Morgan fingerprint density at radius 2 is 1.57 bits per heavy atom. The van der Waals surface area contributed by atoms with Crippen LogP contribution < -0.4 is 4.57 Å². The molecule has 0 aliphatic carbocycles. The van der Waals surface area contributed by atoms with E-state index in [1.165, 1.54) is 0 Å². The number of rotatable bonds is 4. The number of aromatic nitrogens is 2. The second-order valence-electron chi connectivity index (χ2n) is 4.77. The molecule has 0 saturated carbocycles. The third-order valence-corrected chi connectivity index (χ3v) is 3.34. The van der Waals surface area contributed by atoms with E-state index >= 15 is 0 Å². The summed E-state index contributed by atoms with van der Waals surface area (Å²) in [7, 11) is 0. The van der Waals surface area contributed by atoms with Gasteiger partial charge in [-0.05, 0) is 0 Å². The highest BCUT2D eigenvalue weighted by Gasteiger charge is 2.15. The molecular formula is C18H15N2O+. The molecule has 1 heterocycles. The smallest absolute Gasteiger partial charge is 0.193 e. The molecule has 0 aliphatic rings. The van der Waals surface area contributed by atoms with Crippen molar-refractivity contribution < 1.29 is 9.36 Å². The number of nitrogens with zero attached hydrogens (tertiary/aromatic N) is 2. The molecule has 3 heteroatoms. The van der Waals surface area contributed by atoms with Crippen LogP contribution in [0.5, 0.6) is 0 Å². The monoisotopic (exact) mass is 275 g/mol. The Morgan fingerprint density at radius 3 is 2.33 bits per heavy atom. The number of hydrogen-bond donors (Lipinski definition) is 0. The van der Waals surface area contributed by atoms with Gasteiger partial charge in [0.2, 0.25) is 0 Å². The molecule has 0 radical (unpaired) electrons. The van der Waals surface area contributed by atoms with Crippen molar-refractivity contribution in [1.82, 2.24) is 4.98 Å². The Balaban J connectivity index is 1.95. The first-order valence-corrected chi connectivity index (χ1v) is 6.81. The minimum absolute atomic E-state index is 0.0563. The summed E-state index contributed by atoms with van der Waals surface area (Å²) in [6.07, 6.45) is 7.26. The first-order chi connectivity index (χ1) is 10.3. The first kappa shape index (κ1) is 13.2. The highest BCUT2D eigenvalue weighted by molar-refractivity contribution is 6.09. The Hall–Kier alpha value is -2.81. The van der Waals surface area contributed by atoms with Gasteiger partial charge in [-0.15, -0.1) is 0 Å². The van der Waals surface area contributed by atoms with E-state index in [1.54, 1.807) is 12.4 Å². The van der Waals surface area contributed by atoms with Crippen LogP contribution in [0.15, 0.2) is 79.4 Å². The van der Waals surface area contributed by atoms with Crippen LogP contribution in [-0.2, 0) is 6.54 Å². The molecule has 0 saturated heterocycles. The van der Waals surface area contributed by atoms with Gasteiger partial charge >= 0.3 is 0 Å². The van der Waals surface area contributed by atoms with E-state index in [0.717, 1.165) is 11.1 Å². The van der Waals surface area contributed by atoms with Crippen LogP contribution in [0.1, 0.15) is 21.5 Å². The predicted octanol–water partition coefficient (Wildman–Crippen LogP) is 2.65. The Kier molecular flexibility index (Phi) is 3.83. The lowest BCUT2D eigenvalue weighted by Gasteiger charge is -2.06. The molecule has 1 aromatic heterocycles. The molecule has 0 amide bonds. The summed E-state index contributed by atoms with van der Waals surface area (Å²) >= 11 is 0. The molecule has 0 spiro atoms. The van der Waals surface area contributed by atoms with E-state index in [-0.39, 0.29) is 5.78 Å². The summed E-state index contributed by atoms with van der Waals surface area (Å²) in [5.74, 6) is 0.0563. The zero-order chi connectivity index (χ0) is 14.5. The molecule has 21 heavy (non-hydrogen) atoms. The molecule has 0 unspecified atom stereocenters. The lowest BCUT2D eigenvalue weighted by atomic mass is 9.98. The van der Waals surface area contributed by atoms with Crippen molar-refractivity contribution in [3.05, 3.63) is 96.1 Å². The summed E-state index contributed by atoms with van der Waals surface area (Å²) in [6.45, 7) is 0.650. The second-order valence-corrected chi connectivity index (χ2v) is 4.77. The fraction of sp³-hybridized carbons (Fsp3) is 0.0556. The normalized spacial score (nSPS) is 10.3. The summed E-state index contributed by atoms with van der Waals surface area (Å²) in [5, 5.41) is 0. The van der Waals surface area contributed by atoms with Gasteiger partial charge in [0.1, 0.15) is 0 Å². The standard InChI is InChI=1S/C18H15N2O/c21-18(15-6-2-1-3-7-15)17-9-5-4-8-16(17)14-20-12-10-19-11-13-20/h1-13H,14H2/q+1. The van der Waals surface area contributed by atoms with Gasteiger partial charge < -0.3 is 0 Å². The Labute approximate surface area is 123 Å². The van der Waals surface area contributed by atoms with Crippen LogP contribution in [-0.4, -0.2) is 10.8 Å². The molecule has 3 aromatic rings. The van der Waals surface area contributed by atoms with Crippen molar-refractivity contribution in [2.75, 3.05) is 0 Å². The van der Waals surface area contributed by atoms with E-state index in [9.17, 15) is 4.79 Å². The number of carbonyl (C=O) groups is 1. The highest BCUT2D eigenvalue weighted by Crippen LogP contribution is 2.14. The van der Waals surface area contributed by atoms with Crippen LogP contribution in [0.3, 0.4) is 0 Å². The maximum atomic E-state index is 12.6. The van der Waals surface area contributed by atoms with Gasteiger partial charge in [-0.1, -0.05) is 54.6 Å². The molecule has 0 atom stereocenters. The number of benzene rings is 2. The summed E-state index contributed by atoms with van der Waals surface area (Å²) in [4.78, 5) is 16.6. The molecule has 0 N–H and O–H groups in total. The zero-order valence-corrected chi connectivity index (χ0v) is 11.5. The van der Waals surface area contributed by atoms with E-state index in [1.807, 2.05) is 71.6 Å². The average Bonchev–Trinajstić information content (AvgIpc) is 2.56. The van der Waals surface area contributed by atoms with Crippen LogP contribution >= 0.6 is 0 Å². The van der Waals surface area contributed by atoms with E-state index < -0.39 is 0 Å². The Bertz CT molecular complexity index is 739. The van der Waals surface area contributed by atoms with Gasteiger partial charge in [-0.25, -0.2) is 0 Å². The van der Waals surface area contributed by atoms with Gasteiger partial charge in [-0.3, -0.25) is 9.78 Å². The second kappa shape index (κ2) is 6.09. The van der Waals surface area contributed by atoms with Crippen molar-refractivity contribution in [2.24, 2.45) is 0 Å². The van der Waals surface area contributed by atoms with Gasteiger partial charge in [0.25, 0.3) is 0 Å². The van der Waals surface area contributed by atoms with Crippen molar-refractivity contribution in [3.8, 4) is 0 Å². The van der Waals surface area contributed by atoms with Crippen molar-refractivity contribution >= 4 is 5.78 Å². The van der Waals surface area contributed by atoms with Crippen molar-refractivity contribution in [1.29, 1.82) is 0 Å². The third kappa shape index (κ3) is 3.03. The zero-order valence-electron chi connectivity index (χ0n) is 11.5.